The Labute approximate surface area is 110 Å². The highest BCUT2D eigenvalue weighted by Gasteiger charge is 2.17. The molecule has 1 aromatic carbocycles. The standard InChI is InChI=1S/C12H14N4O3/c1-17-8-5-10(19-3)9(18-2)4-7(8)11-12(13)14-6-15-16-11/h4-6H,1-3H3,(H2,13,14,15). The number of aromatic nitrogens is 3. The topological polar surface area (TPSA) is 92.4 Å². The van der Waals surface area contributed by atoms with Crippen LogP contribution in [0, 0.1) is 0 Å². The van der Waals surface area contributed by atoms with Crippen LogP contribution < -0.4 is 19.9 Å². The molecule has 0 bridgehead atoms. The maximum Gasteiger partial charge on any atom is 0.164 e. The Morgan fingerprint density at radius 2 is 1.58 bits per heavy atom. The second kappa shape index (κ2) is 5.38. The van der Waals surface area contributed by atoms with Crippen molar-refractivity contribution in [3.05, 3.63) is 18.5 Å². The number of hydrogen-bond acceptors (Lipinski definition) is 7. The largest absolute Gasteiger partial charge is 0.496 e. The molecule has 19 heavy (non-hydrogen) atoms. The Morgan fingerprint density at radius 3 is 2.16 bits per heavy atom. The van der Waals surface area contributed by atoms with Crippen LogP contribution in [0.25, 0.3) is 11.3 Å². The van der Waals surface area contributed by atoms with Gasteiger partial charge in [-0.1, -0.05) is 0 Å². The third-order valence-electron chi connectivity index (χ3n) is 2.61. The lowest BCUT2D eigenvalue weighted by Crippen LogP contribution is -2.01. The molecule has 7 heteroatoms. The first-order chi connectivity index (χ1) is 9.21. The summed E-state index contributed by atoms with van der Waals surface area (Å²) in [5.41, 5.74) is 6.87. The summed E-state index contributed by atoms with van der Waals surface area (Å²) in [7, 11) is 4.65. The van der Waals surface area contributed by atoms with Crippen molar-refractivity contribution in [3.8, 4) is 28.5 Å². The maximum absolute atomic E-state index is 5.80. The van der Waals surface area contributed by atoms with Gasteiger partial charge in [-0.25, -0.2) is 4.98 Å². The van der Waals surface area contributed by atoms with Crippen LogP contribution in [0.1, 0.15) is 0 Å². The number of nitrogens with zero attached hydrogens (tertiary/aromatic N) is 3. The predicted octanol–water partition coefficient (Wildman–Crippen LogP) is 1.15. The molecule has 0 saturated carbocycles. The Hall–Kier alpha value is -2.57. The van der Waals surface area contributed by atoms with Gasteiger partial charge < -0.3 is 19.9 Å². The summed E-state index contributed by atoms with van der Waals surface area (Å²) in [5.74, 6) is 1.91. The minimum absolute atomic E-state index is 0.264. The van der Waals surface area contributed by atoms with Crippen LogP contribution in [0.5, 0.6) is 17.2 Å². The fourth-order valence-corrected chi connectivity index (χ4v) is 1.69. The van der Waals surface area contributed by atoms with E-state index in [0.717, 1.165) is 0 Å². The van der Waals surface area contributed by atoms with Gasteiger partial charge in [0.25, 0.3) is 0 Å². The molecular weight excluding hydrogens is 248 g/mol. The second-order valence-corrected chi connectivity index (χ2v) is 3.60. The molecule has 0 amide bonds. The molecule has 2 rings (SSSR count). The van der Waals surface area contributed by atoms with Crippen LogP contribution in [0.2, 0.25) is 0 Å². The quantitative estimate of drug-likeness (QED) is 0.883. The molecule has 1 heterocycles. The average Bonchev–Trinajstić information content (AvgIpc) is 2.46. The number of methoxy groups -OCH3 is 3. The SMILES string of the molecule is COc1cc(OC)c(-c2nncnc2N)cc1OC. The van der Waals surface area contributed by atoms with Crippen LogP contribution in [0.4, 0.5) is 5.82 Å². The molecule has 0 spiro atoms. The Kier molecular flexibility index (Phi) is 3.65. The fraction of sp³-hybridized carbons (Fsp3) is 0.250. The van der Waals surface area contributed by atoms with Crippen molar-refractivity contribution >= 4 is 5.82 Å². The molecule has 0 atom stereocenters. The molecule has 100 valence electrons. The van der Waals surface area contributed by atoms with E-state index in [4.69, 9.17) is 19.9 Å². The summed E-state index contributed by atoms with van der Waals surface area (Å²) in [4.78, 5) is 3.91. The molecular formula is C12H14N4O3. The highest BCUT2D eigenvalue weighted by Crippen LogP contribution is 2.40. The van der Waals surface area contributed by atoms with E-state index in [9.17, 15) is 0 Å². The number of benzene rings is 1. The van der Waals surface area contributed by atoms with Crippen LogP contribution >= 0.6 is 0 Å². The van der Waals surface area contributed by atoms with Crippen LogP contribution in [0.3, 0.4) is 0 Å². The third kappa shape index (κ3) is 2.35. The molecule has 0 radical (unpaired) electrons. The smallest absolute Gasteiger partial charge is 0.164 e. The van der Waals surface area contributed by atoms with Gasteiger partial charge in [0.15, 0.2) is 17.3 Å². The summed E-state index contributed by atoms with van der Waals surface area (Å²) in [5, 5.41) is 7.70. The van der Waals surface area contributed by atoms with Crippen molar-refractivity contribution < 1.29 is 14.2 Å². The third-order valence-corrected chi connectivity index (χ3v) is 2.61. The lowest BCUT2D eigenvalue weighted by molar-refractivity contribution is 0.349. The van der Waals surface area contributed by atoms with Crippen molar-refractivity contribution in [1.29, 1.82) is 0 Å². The van der Waals surface area contributed by atoms with Crippen molar-refractivity contribution in [2.24, 2.45) is 0 Å². The van der Waals surface area contributed by atoms with Gasteiger partial charge in [-0.2, -0.15) is 0 Å². The lowest BCUT2D eigenvalue weighted by Gasteiger charge is -2.13. The molecule has 0 saturated heterocycles. The molecule has 0 aliphatic rings. The van der Waals surface area contributed by atoms with Gasteiger partial charge in [0.2, 0.25) is 0 Å². The minimum atomic E-state index is 0.264. The van der Waals surface area contributed by atoms with Crippen molar-refractivity contribution in [1.82, 2.24) is 15.2 Å². The number of nitrogens with two attached hydrogens (primary N) is 1. The Balaban J connectivity index is 2.65. The van der Waals surface area contributed by atoms with E-state index in [0.29, 0.717) is 28.5 Å². The van der Waals surface area contributed by atoms with E-state index < -0.39 is 0 Å². The van der Waals surface area contributed by atoms with E-state index in [1.54, 1.807) is 33.5 Å². The van der Waals surface area contributed by atoms with Crippen molar-refractivity contribution in [3.63, 3.8) is 0 Å². The summed E-state index contributed by atoms with van der Waals surface area (Å²) in [6.45, 7) is 0. The van der Waals surface area contributed by atoms with Crippen LogP contribution in [-0.4, -0.2) is 36.5 Å². The number of nitrogen functional groups attached to an aromatic ring is 1. The first-order valence-electron chi connectivity index (χ1n) is 5.44. The first kappa shape index (κ1) is 12.9. The molecule has 7 nitrogen and oxygen atoms in total. The molecule has 2 aromatic rings. The summed E-state index contributed by atoms with van der Waals surface area (Å²) in [6, 6.07) is 3.42. The van der Waals surface area contributed by atoms with Gasteiger partial charge in [-0.3, -0.25) is 0 Å². The monoisotopic (exact) mass is 262 g/mol. The van der Waals surface area contributed by atoms with E-state index in [1.165, 1.54) is 6.33 Å². The maximum atomic E-state index is 5.80. The minimum Gasteiger partial charge on any atom is -0.496 e. The second-order valence-electron chi connectivity index (χ2n) is 3.60. The van der Waals surface area contributed by atoms with Crippen LogP contribution in [-0.2, 0) is 0 Å². The van der Waals surface area contributed by atoms with Gasteiger partial charge in [-0.05, 0) is 6.07 Å². The van der Waals surface area contributed by atoms with Gasteiger partial charge in [0, 0.05) is 6.07 Å². The fourth-order valence-electron chi connectivity index (χ4n) is 1.69. The first-order valence-corrected chi connectivity index (χ1v) is 5.44. The summed E-state index contributed by atoms with van der Waals surface area (Å²) < 4.78 is 15.8. The lowest BCUT2D eigenvalue weighted by atomic mass is 10.1. The van der Waals surface area contributed by atoms with Crippen LogP contribution in [0.15, 0.2) is 18.5 Å². The highest BCUT2D eigenvalue weighted by molar-refractivity contribution is 5.77. The summed E-state index contributed by atoms with van der Waals surface area (Å²) >= 11 is 0. The van der Waals surface area contributed by atoms with Gasteiger partial charge >= 0.3 is 0 Å². The Bertz CT molecular complexity index is 589. The van der Waals surface area contributed by atoms with Gasteiger partial charge in [0.05, 0.1) is 26.9 Å². The number of anilines is 1. The van der Waals surface area contributed by atoms with E-state index in [-0.39, 0.29) is 5.82 Å². The molecule has 2 N–H and O–H groups in total. The zero-order valence-corrected chi connectivity index (χ0v) is 10.9. The average molecular weight is 262 g/mol. The van der Waals surface area contributed by atoms with Crippen molar-refractivity contribution in [2.45, 2.75) is 0 Å². The van der Waals surface area contributed by atoms with Crippen molar-refractivity contribution in [2.75, 3.05) is 27.1 Å². The molecule has 0 unspecified atom stereocenters. The molecule has 0 fully saturated rings. The number of ether oxygens (including phenoxy) is 3. The van der Waals surface area contributed by atoms with Gasteiger partial charge in [-0.15, -0.1) is 10.2 Å². The molecule has 0 aliphatic heterocycles. The number of rotatable bonds is 4. The Morgan fingerprint density at radius 1 is 0.947 bits per heavy atom. The van der Waals surface area contributed by atoms with E-state index >= 15 is 0 Å². The highest BCUT2D eigenvalue weighted by atomic mass is 16.5. The van der Waals surface area contributed by atoms with Gasteiger partial charge in [0.1, 0.15) is 17.8 Å². The predicted molar refractivity (Wildman–Crippen MR) is 69.3 cm³/mol. The van der Waals surface area contributed by atoms with E-state index in [1.807, 2.05) is 0 Å². The van der Waals surface area contributed by atoms with E-state index in [2.05, 4.69) is 15.2 Å². The normalized spacial score (nSPS) is 10.1. The summed E-state index contributed by atoms with van der Waals surface area (Å²) in [6.07, 6.45) is 1.28. The number of hydrogen-bond donors (Lipinski definition) is 1. The zero-order valence-electron chi connectivity index (χ0n) is 10.9. The molecule has 0 aliphatic carbocycles. The zero-order chi connectivity index (χ0) is 13.8. The molecule has 1 aromatic heterocycles.